The minimum absolute atomic E-state index is 0.385. The van der Waals surface area contributed by atoms with Gasteiger partial charge in [0.15, 0.2) is 0 Å². The first kappa shape index (κ1) is 22.1. The number of aromatic nitrogens is 2. The van der Waals surface area contributed by atoms with Gasteiger partial charge >= 0.3 is 6.03 Å². The molecule has 1 aliphatic heterocycles. The second-order valence-corrected chi connectivity index (χ2v) is 7.91. The van der Waals surface area contributed by atoms with Gasteiger partial charge in [0.2, 0.25) is 5.91 Å². The molecule has 0 saturated carbocycles. The maximum Gasteiger partial charge on any atom is 0.325 e. The minimum atomic E-state index is -1.44. The van der Waals surface area contributed by atoms with Crippen LogP contribution in [0.25, 0.3) is 0 Å². The van der Waals surface area contributed by atoms with Gasteiger partial charge in [0.25, 0.3) is 5.91 Å². The molecule has 0 spiro atoms. The molecule has 1 aromatic heterocycles. The molecule has 2 heterocycles. The van der Waals surface area contributed by atoms with E-state index in [1.165, 1.54) is 49.4 Å². The average molecular weight is 453 g/mol. The Morgan fingerprint density at radius 2 is 1.88 bits per heavy atom. The second kappa shape index (κ2) is 8.45. The Balaban J connectivity index is 1.55. The molecule has 1 saturated heterocycles. The predicted octanol–water partition coefficient (Wildman–Crippen LogP) is 2.37. The third kappa shape index (κ3) is 4.19. The van der Waals surface area contributed by atoms with E-state index in [9.17, 15) is 23.2 Å². The van der Waals surface area contributed by atoms with Crippen LogP contribution in [0.5, 0.6) is 0 Å². The number of hydrogen-bond donors (Lipinski definition) is 2. The zero-order valence-corrected chi connectivity index (χ0v) is 17.9. The van der Waals surface area contributed by atoms with Crippen molar-refractivity contribution in [3.63, 3.8) is 0 Å². The molecule has 0 bridgehead atoms. The van der Waals surface area contributed by atoms with Crippen LogP contribution in [0.4, 0.5) is 13.6 Å². The van der Waals surface area contributed by atoms with E-state index in [2.05, 4.69) is 15.6 Å². The van der Waals surface area contributed by atoms with Crippen molar-refractivity contribution in [2.45, 2.75) is 18.5 Å². The maximum absolute atomic E-state index is 13.8. The first-order chi connectivity index (χ1) is 15.7. The van der Waals surface area contributed by atoms with E-state index in [0.29, 0.717) is 17.0 Å². The number of hydrogen-bond acceptors (Lipinski definition) is 4. The van der Waals surface area contributed by atoms with Gasteiger partial charge < -0.3 is 15.2 Å². The molecule has 3 aromatic rings. The van der Waals surface area contributed by atoms with Crippen LogP contribution in [0.1, 0.15) is 29.9 Å². The predicted molar refractivity (Wildman–Crippen MR) is 114 cm³/mol. The van der Waals surface area contributed by atoms with Gasteiger partial charge in [-0.2, -0.15) is 0 Å². The number of imidazole rings is 1. The van der Waals surface area contributed by atoms with Gasteiger partial charge in [0.05, 0.1) is 0 Å². The van der Waals surface area contributed by atoms with Crippen molar-refractivity contribution in [3.8, 4) is 0 Å². The molecule has 0 radical (unpaired) electrons. The fourth-order valence-corrected chi connectivity index (χ4v) is 3.81. The number of halogens is 2. The van der Waals surface area contributed by atoms with Crippen LogP contribution in [0, 0.1) is 11.6 Å². The second-order valence-electron chi connectivity index (χ2n) is 7.91. The summed E-state index contributed by atoms with van der Waals surface area (Å²) < 4.78 is 28.8. The van der Waals surface area contributed by atoms with E-state index >= 15 is 0 Å². The molecule has 2 aromatic carbocycles. The molecule has 2 N–H and O–H groups in total. The van der Waals surface area contributed by atoms with Crippen LogP contribution in [0.15, 0.2) is 60.9 Å². The molecule has 4 amide bonds. The first-order valence-corrected chi connectivity index (χ1v) is 10.1. The summed E-state index contributed by atoms with van der Waals surface area (Å²) in [6.45, 7) is 0.930. The van der Waals surface area contributed by atoms with Crippen molar-refractivity contribution < 1.29 is 23.2 Å². The van der Waals surface area contributed by atoms with Gasteiger partial charge in [-0.3, -0.25) is 14.5 Å². The van der Waals surface area contributed by atoms with Gasteiger partial charge in [0.1, 0.15) is 35.6 Å². The number of benzene rings is 2. The van der Waals surface area contributed by atoms with Crippen molar-refractivity contribution >= 4 is 17.8 Å². The topological polar surface area (TPSA) is 96.3 Å². The molecular weight excluding hydrogens is 432 g/mol. The Bertz CT molecular complexity index is 1230. The fourth-order valence-electron chi connectivity index (χ4n) is 3.81. The Kier molecular flexibility index (Phi) is 5.67. The van der Waals surface area contributed by atoms with Crippen LogP contribution < -0.4 is 10.6 Å². The molecule has 10 heteroatoms. The highest BCUT2D eigenvalue weighted by molar-refractivity contribution is 6.09. The Labute approximate surface area is 188 Å². The SMILES string of the molecule is Cn1ccnc1C(NC(=O)CN1C(=O)NC(C)(c2ccc(F)cc2)C1=O)c1cccc(F)c1. The number of amides is 4. The largest absolute Gasteiger partial charge is 0.341 e. The Morgan fingerprint density at radius 3 is 2.52 bits per heavy atom. The van der Waals surface area contributed by atoms with E-state index < -0.39 is 47.6 Å². The van der Waals surface area contributed by atoms with Crippen LogP contribution in [0.3, 0.4) is 0 Å². The molecule has 0 aliphatic carbocycles. The lowest BCUT2D eigenvalue weighted by Gasteiger charge is -2.23. The zero-order valence-electron chi connectivity index (χ0n) is 17.9. The molecule has 8 nitrogen and oxygen atoms in total. The molecule has 2 atom stereocenters. The van der Waals surface area contributed by atoms with Crippen molar-refractivity contribution in [3.05, 3.63) is 89.5 Å². The summed E-state index contributed by atoms with van der Waals surface area (Å²) in [4.78, 5) is 43.5. The third-order valence-electron chi connectivity index (χ3n) is 5.60. The van der Waals surface area contributed by atoms with Crippen LogP contribution in [-0.4, -0.2) is 38.8 Å². The van der Waals surface area contributed by atoms with Gasteiger partial charge in [0, 0.05) is 19.4 Å². The lowest BCUT2D eigenvalue weighted by molar-refractivity contribution is -0.135. The van der Waals surface area contributed by atoms with Crippen molar-refractivity contribution in [2.24, 2.45) is 7.05 Å². The van der Waals surface area contributed by atoms with E-state index in [-0.39, 0.29) is 0 Å². The Morgan fingerprint density at radius 1 is 1.15 bits per heavy atom. The molecule has 1 fully saturated rings. The molecule has 4 rings (SSSR count). The first-order valence-electron chi connectivity index (χ1n) is 10.1. The Hall–Kier alpha value is -4.08. The highest BCUT2D eigenvalue weighted by Gasteiger charge is 2.49. The van der Waals surface area contributed by atoms with Gasteiger partial charge in [-0.15, -0.1) is 0 Å². The standard InChI is InChI=1S/C23H21F2N5O3/c1-23(15-6-8-16(24)9-7-15)21(32)30(22(33)28-23)13-18(31)27-19(20-26-10-11-29(20)2)14-4-3-5-17(25)12-14/h3-12,19H,13H2,1-2H3,(H,27,31)(H,28,33). The molecular formula is C23H21F2N5O3. The van der Waals surface area contributed by atoms with Crippen LogP contribution in [0.2, 0.25) is 0 Å². The normalized spacial score (nSPS) is 18.8. The molecule has 170 valence electrons. The zero-order chi connectivity index (χ0) is 23.8. The summed E-state index contributed by atoms with van der Waals surface area (Å²) in [5.74, 6) is -1.80. The van der Waals surface area contributed by atoms with Crippen molar-refractivity contribution in [2.75, 3.05) is 6.54 Å². The lowest BCUT2D eigenvalue weighted by atomic mass is 9.92. The number of nitrogens with zero attached hydrogens (tertiary/aromatic N) is 3. The average Bonchev–Trinajstić information content (AvgIpc) is 3.29. The number of imide groups is 1. The highest BCUT2D eigenvalue weighted by Crippen LogP contribution is 2.29. The van der Waals surface area contributed by atoms with E-state index in [4.69, 9.17) is 0 Å². The maximum atomic E-state index is 13.8. The summed E-state index contributed by atoms with van der Waals surface area (Å²) in [7, 11) is 1.73. The summed E-state index contributed by atoms with van der Waals surface area (Å²) in [6, 6.07) is 9.33. The van der Waals surface area contributed by atoms with E-state index in [1.54, 1.807) is 30.1 Å². The number of carbonyl (C=O) groups is 3. The van der Waals surface area contributed by atoms with Crippen LogP contribution >= 0.6 is 0 Å². The number of carbonyl (C=O) groups excluding carboxylic acids is 3. The van der Waals surface area contributed by atoms with E-state index in [1.807, 2.05) is 0 Å². The summed E-state index contributed by atoms with van der Waals surface area (Å²) in [5, 5.41) is 5.30. The van der Waals surface area contributed by atoms with Gasteiger partial charge in [-0.25, -0.2) is 18.6 Å². The summed E-state index contributed by atoms with van der Waals surface area (Å²) >= 11 is 0. The lowest BCUT2D eigenvalue weighted by Crippen LogP contribution is -2.44. The summed E-state index contributed by atoms with van der Waals surface area (Å²) in [5.41, 5.74) is -0.603. The monoisotopic (exact) mass is 453 g/mol. The van der Waals surface area contributed by atoms with Crippen LogP contribution in [-0.2, 0) is 22.2 Å². The quantitative estimate of drug-likeness (QED) is 0.560. The number of nitrogens with one attached hydrogen (secondary N) is 2. The fraction of sp³-hybridized carbons (Fsp3) is 0.217. The van der Waals surface area contributed by atoms with E-state index in [0.717, 1.165) is 4.90 Å². The third-order valence-corrected chi connectivity index (χ3v) is 5.60. The molecule has 1 aliphatic rings. The smallest absolute Gasteiger partial charge is 0.325 e. The number of rotatable bonds is 6. The molecule has 2 unspecified atom stereocenters. The summed E-state index contributed by atoms with van der Waals surface area (Å²) in [6.07, 6.45) is 3.22. The van der Waals surface area contributed by atoms with Crippen molar-refractivity contribution in [1.29, 1.82) is 0 Å². The van der Waals surface area contributed by atoms with Gasteiger partial charge in [-0.1, -0.05) is 24.3 Å². The van der Waals surface area contributed by atoms with Crippen molar-refractivity contribution in [1.82, 2.24) is 25.1 Å². The number of urea groups is 1. The number of aryl methyl sites for hydroxylation is 1. The molecule has 33 heavy (non-hydrogen) atoms. The van der Waals surface area contributed by atoms with Gasteiger partial charge in [-0.05, 0) is 42.3 Å². The minimum Gasteiger partial charge on any atom is -0.341 e. The highest BCUT2D eigenvalue weighted by atomic mass is 19.1.